The minimum Gasteiger partial charge on any atom is -0.507 e. The largest absolute Gasteiger partial charge is 0.507 e. The lowest BCUT2D eigenvalue weighted by Gasteiger charge is -2.33. The van der Waals surface area contributed by atoms with Gasteiger partial charge in [0.05, 0.1) is 11.7 Å². The Balaban J connectivity index is 1.54. The summed E-state index contributed by atoms with van der Waals surface area (Å²) in [6, 6.07) is 8.00. The number of phenols is 1. The second-order valence-electron chi connectivity index (χ2n) is 10.0. The van der Waals surface area contributed by atoms with E-state index >= 15 is 0 Å². The maximum Gasteiger partial charge on any atom is 0.253 e. The second kappa shape index (κ2) is 8.78. The molecule has 1 fully saturated rings. The van der Waals surface area contributed by atoms with Gasteiger partial charge in [0.25, 0.3) is 5.56 Å². The lowest BCUT2D eigenvalue weighted by Crippen LogP contribution is -2.28. The summed E-state index contributed by atoms with van der Waals surface area (Å²) >= 11 is 0. The van der Waals surface area contributed by atoms with Gasteiger partial charge in [0.1, 0.15) is 11.6 Å². The van der Waals surface area contributed by atoms with Crippen LogP contribution in [-0.2, 0) is 25.3 Å². The maximum absolute atomic E-state index is 12.8. The van der Waals surface area contributed by atoms with Gasteiger partial charge in [-0.1, -0.05) is 0 Å². The molecule has 2 aliphatic heterocycles. The van der Waals surface area contributed by atoms with Gasteiger partial charge in [-0.25, -0.2) is 4.98 Å². The fourth-order valence-corrected chi connectivity index (χ4v) is 5.66. The highest BCUT2D eigenvalue weighted by Gasteiger charge is 2.27. The van der Waals surface area contributed by atoms with Gasteiger partial charge in [-0.2, -0.15) is 5.10 Å². The van der Waals surface area contributed by atoms with Crippen molar-refractivity contribution >= 4 is 22.4 Å². The van der Waals surface area contributed by atoms with Gasteiger partial charge in [-0.3, -0.25) is 9.48 Å². The third kappa shape index (κ3) is 3.76. The number of anilines is 2. The molecule has 4 aromatic rings. The zero-order chi connectivity index (χ0) is 25.0. The molecular weight excluding hydrogens is 454 g/mol. The summed E-state index contributed by atoms with van der Waals surface area (Å²) in [5.41, 5.74) is 6.42. The van der Waals surface area contributed by atoms with Gasteiger partial charge in [-0.05, 0) is 56.4 Å². The molecule has 1 saturated heterocycles. The molecule has 0 bridgehead atoms. The fourth-order valence-electron chi connectivity index (χ4n) is 5.66. The van der Waals surface area contributed by atoms with E-state index in [0.717, 1.165) is 84.7 Å². The summed E-state index contributed by atoms with van der Waals surface area (Å²) in [4.78, 5) is 20.3. The number of fused-ring (bicyclic) bond motifs is 2. The first-order chi connectivity index (χ1) is 17.4. The van der Waals surface area contributed by atoms with Crippen LogP contribution in [0.15, 0.2) is 41.5 Å². The first-order valence-electron chi connectivity index (χ1n) is 12.6. The number of benzene rings is 1. The molecule has 5 heterocycles. The monoisotopic (exact) mass is 485 g/mol. The maximum atomic E-state index is 12.8. The van der Waals surface area contributed by atoms with Crippen LogP contribution in [0.5, 0.6) is 5.75 Å². The van der Waals surface area contributed by atoms with Crippen molar-refractivity contribution in [3.63, 3.8) is 0 Å². The molecule has 0 saturated carbocycles. The number of ether oxygens (including phenoxy) is 1. The van der Waals surface area contributed by atoms with Crippen molar-refractivity contribution in [3.05, 3.63) is 63.8 Å². The smallest absolute Gasteiger partial charge is 0.253 e. The first kappa shape index (κ1) is 22.8. The third-order valence-electron chi connectivity index (χ3n) is 7.63. The number of hydrogen-bond donors (Lipinski definition) is 1. The Labute approximate surface area is 209 Å². The fraction of sp³-hybridized carbons (Fsp3) is 0.393. The van der Waals surface area contributed by atoms with Crippen LogP contribution in [0.3, 0.4) is 0 Å². The molecule has 8 nitrogen and oxygen atoms in total. The molecule has 36 heavy (non-hydrogen) atoms. The molecule has 1 aromatic carbocycles. The van der Waals surface area contributed by atoms with Crippen molar-refractivity contribution < 1.29 is 9.84 Å². The SMILES string of the molecule is Cc1cc2c(N3CCCc4cc(-c5cnn(C)c5)c(O)cc43)nc(C3CCOCC3)cc2n(C)c1=O. The van der Waals surface area contributed by atoms with E-state index in [1.807, 2.05) is 39.3 Å². The van der Waals surface area contributed by atoms with Gasteiger partial charge in [0.2, 0.25) is 0 Å². The van der Waals surface area contributed by atoms with E-state index in [2.05, 4.69) is 22.1 Å². The van der Waals surface area contributed by atoms with Crippen molar-refractivity contribution in [3.8, 4) is 16.9 Å². The van der Waals surface area contributed by atoms with Crippen LogP contribution in [0.25, 0.3) is 22.0 Å². The number of pyridine rings is 2. The predicted octanol–water partition coefficient (Wildman–Crippen LogP) is 4.33. The van der Waals surface area contributed by atoms with Crippen LogP contribution in [0.4, 0.5) is 11.5 Å². The molecule has 0 unspecified atom stereocenters. The van der Waals surface area contributed by atoms with E-state index in [1.165, 1.54) is 5.56 Å². The summed E-state index contributed by atoms with van der Waals surface area (Å²) in [5.74, 6) is 1.37. The summed E-state index contributed by atoms with van der Waals surface area (Å²) < 4.78 is 9.08. The number of aromatic nitrogens is 4. The number of nitrogens with zero attached hydrogens (tertiary/aromatic N) is 5. The van der Waals surface area contributed by atoms with Gasteiger partial charge in [0.15, 0.2) is 0 Å². The van der Waals surface area contributed by atoms with E-state index in [1.54, 1.807) is 15.4 Å². The number of phenolic OH excluding ortho intramolecular Hbond substituents is 1. The van der Waals surface area contributed by atoms with Gasteiger partial charge >= 0.3 is 0 Å². The third-order valence-corrected chi connectivity index (χ3v) is 7.63. The van der Waals surface area contributed by atoms with Crippen LogP contribution in [-0.4, -0.2) is 44.2 Å². The normalized spacial score (nSPS) is 16.5. The Morgan fingerprint density at radius 1 is 1.11 bits per heavy atom. The van der Waals surface area contributed by atoms with Crippen LogP contribution < -0.4 is 10.5 Å². The van der Waals surface area contributed by atoms with E-state index in [4.69, 9.17) is 9.72 Å². The Hall–Kier alpha value is -3.65. The van der Waals surface area contributed by atoms with Gasteiger partial charge < -0.3 is 19.3 Å². The Kier molecular flexibility index (Phi) is 5.56. The Morgan fingerprint density at radius 3 is 2.67 bits per heavy atom. The molecule has 3 aromatic heterocycles. The second-order valence-corrected chi connectivity index (χ2v) is 10.0. The van der Waals surface area contributed by atoms with Gasteiger partial charge in [0, 0.05) is 85.5 Å². The summed E-state index contributed by atoms with van der Waals surface area (Å²) in [7, 11) is 3.71. The minimum atomic E-state index is 0.00961. The zero-order valence-electron chi connectivity index (χ0n) is 21.0. The Morgan fingerprint density at radius 2 is 1.92 bits per heavy atom. The minimum absolute atomic E-state index is 0.00961. The van der Waals surface area contributed by atoms with Crippen LogP contribution >= 0.6 is 0 Å². The van der Waals surface area contributed by atoms with Crippen LogP contribution in [0, 0.1) is 6.92 Å². The molecule has 0 radical (unpaired) electrons. The van der Waals surface area contributed by atoms with Crippen molar-refractivity contribution in [1.82, 2.24) is 19.3 Å². The highest BCUT2D eigenvalue weighted by atomic mass is 16.5. The number of hydrogen-bond acceptors (Lipinski definition) is 6. The Bertz CT molecular complexity index is 1530. The average molecular weight is 486 g/mol. The molecule has 8 heteroatoms. The van der Waals surface area contributed by atoms with Crippen LogP contribution in [0.1, 0.15) is 42.0 Å². The molecule has 1 N–H and O–H groups in total. The number of aryl methyl sites for hydroxylation is 4. The quantitative estimate of drug-likeness (QED) is 0.465. The molecule has 0 aliphatic carbocycles. The van der Waals surface area contributed by atoms with E-state index < -0.39 is 0 Å². The molecule has 6 rings (SSSR count). The standard InChI is InChI=1S/C28H31N5O3/c1-17-11-22-25(32(3)28(17)35)13-23(18-6-9-36-10-7-18)30-27(22)33-8-4-5-19-12-21(26(34)14-24(19)33)20-15-29-31(2)16-20/h11-16,18,34H,4-10H2,1-3H3. The lowest BCUT2D eigenvalue weighted by molar-refractivity contribution is 0.0845. The average Bonchev–Trinajstić information content (AvgIpc) is 3.33. The van der Waals surface area contributed by atoms with Crippen molar-refractivity contribution in [2.75, 3.05) is 24.7 Å². The summed E-state index contributed by atoms with van der Waals surface area (Å²) in [6.45, 7) is 4.10. The number of aromatic hydroxyl groups is 1. The van der Waals surface area contributed by atoms with Crippen molar-refractivity contribution in [1.29, 1.82) is 0 Å². The molecule has 186 valence electrons. The van der Waals surface area contributed by atoms with Crippen molar-refractivity contribution in [2.45, 2.75) is 38.5 Å². The highest BCUT2D eigenvalue weighted by molar-refractivity contribution is 5.94. The first-order valence-corrected chi connectivity index (χ1v) is 12.6. The zero-order valence-corrected chi connectivity index (χ0v) is 21.0. The topological polar surface area (TPSA) is 85.4 Å². The molecular formula is C28H31N5O3. The van der Waals surface area contributed by atoms with Crippen molar-refractivity contribution in [2.24, 2.45) is 14.1 Å². The van der Waals surface area contributed by atoms with E-state index in [9.17, 15) is 9.90 Å². The number of rotatable bonds is 3. The molecule has 2 aliphatic rings. The highest BCUT2D eigenvalue weighted by Crippen LogP contribution is 2.43. The predicted molar refractivity (Wildman–Crippen MR) is 140 cm³/mol. The van der Waals surface area contributed by atoms with Gasteiger partial charge in [-0.15, -0.1) is 0 Å². The molecule has 0 amide bonds. The van der Waals surface area contributed by atoms with E-state index in [-0.39, 0.29) is 11.3 Å². The summed E-state index contributed by atoms with van der Waals surface area (Å²) in [6.07, 6.45) is 7.43. The molecule has 0 atom stereocenters. The lowest BCUT2D eigenvalue weighted by atomic mass is 9.94. The van der Waals surface area contributed by atoms with Crippen LogP contribution in [0.2, 0.25) is 0 Å². The summed E-state index contributed by atoms with van der Waals surface area (Å²) in [5, 5.41) is 16.3. The molecule has 0 spiro atoms. The van der Waals surface area contributed by atoms with E-state index in [0.29, 0.717) is 11.5 Å².